The van der Waals surface area contributed by atoms with Gasteiger partial charge in [-0.15, -0.1) is 11.3 Å². The van der Waals surface area contributed by atoms with Gasteiger partial charge >= 0.3 is 0 Å². The first kappa shape index (κ1) is 18.3. The number of nitrogens with one attached hydrogen (secondary N) is 1. The van der Waals surface area contributed by atoms with Gasteiger partial charge in [-0.05, 0) is 31.4 Å². The molecule has 28 heavy (non-hydrogen) atoms. The van der Waals surface area contributed by atoms with E-state index in [1.807, 2.05) is 54.4 Å². The van der Waals surface area contributed by atoms with Gasteiger partial charge in [-0.1, -0.05) is 30.3 Å². The molecule has 1 N–H and O–H groups in total. The molecule has 1 fully saturated rings. The number of carbonyl (C=O) groups is 1. The number of hydrogen-bond acceptors (Lipinski definition) is 6. The molecule has 1 aliphatic heterocycles. The van der Waals surface area contributed by atoms with E-state index in [1.54, 1.807) is 29.8 Å². The Bertz CT molecular complexity index is 985. The molecule has 1 atom stereocenters. The number of aromatic nitrogens is 3. The molecule has 0 bridgehead atoms. The molecule has 1 aromatic carbocycles. The molecule has 0 radical (unpaired) electrons. The van der Waals surface area contributed by atoms with Crippen molar-refractivity contribution < 1.29 is 4.79 Å². The van der Waals surface area contributed by atoms with Crippen molar-refractivity contribution in [3.63, 3.8) is 0 Å². The van der Waals surface area contributed by atoms with Crippen LogP contribution in [0.3, 0.4) is 0 Å². The van der Waals surface area contributed by atoms with E-state index in [0.29, 0.717) is 5.82 Å². The minimum atomic E-state index is -0.0924. The van der Waals surface area contributed by atoms with Crippen LogP contribution in [0.5, 0.6) is 0 Å². The molecule has 0 saturated carbocycles. The molecule has 0 aliphatic carbocycles. The third kappa shape index (κ3) is 4.09. The maximum atomic E-state index is 12.8. The second kappa shape index (κ2) is 8.31. The van der Waals surface area contributed by atoms with Crippen LogP contribution in [-0.2, 0) is 4.79 Å². The van der Waals surface area contributed by atoms with Crippen LogP contribution < -0.4 is 5.32 Å². The quantitative estimate of drug-likeness (QED) is 0.654. The molecule has 4 rings (SSSR count). The molecule has 1 saturated heterocycles. The van der Waals surface area contributed by atoms with Gasteiger partial charge in [0.1, 0.15) is 5.69 Å². The largest absolute Gasteiger partial charge is 0.330 e. The first-order valence-electron chi connectivity index (χ1n) is 9.25. The van der Waals surface area contributed by atoms with Crippen molar-refractivity contribution in [3.05, 3.63) is 71.1 Å². The van der Waals surface area contributed by atoms with Crippen LogP contribution in [0.2, 0.25) is 0 Å². The molecular weight excluding hydrogens is 370 g/mol. The Morgan fingerprint density at radius 1 is 1.21 bits per heavy atom. The molecule has 2 aromatic heterocycles. The fourth-order valence-electron chi connectivity index (χ4n) is 3.34. The number of benzene rings is 1. The van der Waals surface area contributed by atoms with Crippen molar-refractivity contribution in [2.75, 3.05) is 11.9 Å². The molecule has 3 heterocycles. The Balaban J connectivity index is 1.55. The van der Waals surface area contributed by atoms with Gasteiger partial charge in [-0.25, -0.2) is 9.97 Å². The molecule has 3 aromatic rings. The van der Waals surface area contributed by atoms with Gasteiger partial charge in [0.05, 0.1) is 6.04 Å². The van der Waals surface area contributed by atoms with Gasteiger partial charge < -0.3 is 10.2 Å². The molecule has 6 nitrogen and oxygen atoms in total. The predicted molar refractivity (Wildman–Crippen MR) is 111 cm³/mol. The smallest absolute Gasteiger partial charge is 0.247 e. The van der Waals surface area contributed by atoms with Crippen molar-refractivity contribution in [2.24, 2.45) is 0 Å². The molecular formula is C21H21N5OS. The van der Waals surface area contributed by atoms with E-state index in [2.05, 4.69) is 20.3 Å². The van der Waals surface area contributed by atoms with Gasteiger partial charge in [0.2, 0.25) is 5.91 Å². The zero-order valence-electron chi connectivity index (χ0n) is 15.6. The Morgan fingerprint density at radius 3 is 2.82 bits per heavy atom. The summed E-state index contributed by atoms with van der Waals surface area (Å²) in [6, 6.07) is 9.74. The summed E-state index contributed by atoms with van der Waals surface area (Å²) in [4.78, 5) is 29.2. The molecule has 1 aliphatic rings. The average molecular weight is 392 g/mol. The van der Waals surface area contributed by atoms with Gasteiger partial charge in [0, 0.05) is 36.1 Å². The van der Waals surface area contributed by atoms with Crippen molar-refractivity contribution in [2.45, 2.75) is 25.8 Å². The summed E-state index contributed by atoms with van der Waals surface area (Å²) in [6.45, 7) is 2.73. The third-order valence-corrected chi connectivity index (χ3v) is 5.47. The standard InChI is InChI=1S/C21H21N5OS/c1-15-14-24-21(28-15)25-20-19(22-11-12-23-20)17-8-5-13-26(17)18(27)10-9-16-6-3-2-4-7-16/h2-4,6-7,9-12,14,17H,5,8,13H2,1H3,(H,23,24,25)/b10-9+/t17-/m0/s1. The lowest BCUT2D eigenvalue weighted by Crippen LogP contribution is -2.30. The number of thiazole rings is 1. The fraction of sp³-hybridized carbons (Fsp3) is 0.238. The van der Waals surface area contributed by atoms with Crippen molar-refractivity contribution in [1.82, 2.24) is 19.9 Å². The third-order valence-electron chi connectivity index (χ3n) is 4.64. The van der Waals surface area contributed by atoms with Crippen LogP contribution in [0, 0.1) is 6.92 Å². The zero-order valence-corrected chi connectivity index (χ0v) is 16.4. The van der Waals surface area contributed by atoms with Gasteiger partial charge in [0.25, 0.3) is 0 Å². The lowest BCUT2D eigenvalue weighted by Gasteiger charge is -2.24. The Labute approximate surface area is 168 Å². The van der Waals surface area contributed by atoms with Crippen molar-refractivity contribution in [1.29, 1.82) is 0 Å². The predicted octanol–water partition coefficient (Wildman–Crippen LogP) is 4.36. The number of anilines is 2. The normalized spacial score (nSPS) is 16.6. The second-order valence-electron chi connectivity index (χ2n) is 6.62. The molecule has 0 unspecified atom stereocenters. The van der Waals surface area contributed by atoms with E-state index >= 15 is 0 Å². The number of amides is 1. The van der Waals surface area contributed by atoms with Gasteiger partial charge in [0.15, 0.2) is 10.9 Å². The number of aryl methyl sites for hydroxylation is 1. The summed E-state index contributed by atoms with van der Waals surface area (Å²) in [5.74, 6) is 0.654. The number of carbonyl (C=O) groups excluding carboxylic acids is 1. The molecule has 7 heteroatoms. The maximum absolute atomic E-state index is 12.8. The van der Waals surface area contributed by atoms with Crippen molar-refractivity contribution in [3.8, 4) is 0 Å². The van der Waals surface area contributed by atoms with Crippen LogP contribution >= 0.6 is 11.3 Å². The maximum Gasteiger partial charge on any atom is 0.247 e. The Morgan fingerprint density at radius 2 is 2.04 bits per heavy atom. The zero-order chi connectivity index (χ0) is 19.3. The SMILES string of the molecule is Cc1cnc(Nc2nccnc2[C@@H]2CCCN2C(=O)/C=C/c2ccccc2)s1. The Kier molecular flexibility index (Phi) is 5.43. The van der Waals surface area contributed by atoms with Crippen LogP contribution in [0.4, 0.5) is 10.9 Å². The van der Waals surface area contributed by atoms with Crippen LogP contribution in [-0.4, -0.2) is 32.3 Å². The first-order chi connectivity index (χ1) is 13.7. The highest BCUT2D eigenvalue weighted by Gasteiger charge is 2.32. The summed E-state index contributed by atoms with van der Waals surface area (Å²) in [5, 5.41) is 4.04. The van der Waals surface area contributed by atoms with Crippen LogP contribution in [0.15, 0.2) is 55.0 Å². The minimum Gasteiger partial charge on any atom is -0.330 e. The monoisotopic (exact) mass is 391 g/mol. The highest BCUT2D eigenvalue weighted by molar-refractivity contribution is 7.15. The highest BCUT2D eigenvalue weighted by atomic mass is 32.1. The van der Waals surface area contributed by atoms with Gasteiger partial charge in [-0.3, -0.25) is 9.78 Å². The minimum absolute atomic E-state index is 0.00644. The first-order valence-corrected chi connectivity index (χ1v) is 10.1. The highest BCUT2D eigenvalue weighted by Crippen LogP contribution is 2.35. The number of hydrogen-bond donors (Lipinski definition) is 1. The van der Waals surface area contributed by atoms with Crippen molar-refractivity contribution >= 4 is 34.3 Å². The van der Waals surface area contributed by atoms with Crippen LogP contribution in [0.1, 0.15) is 35.0 Å². The van der Waals surface area contributed by atoms with Gasteiger partial charge in [-0.2, -0.15) is 0 Å². The van der Waals surface area contributed by atoms with E-state index in [9.17, 15) is 4.79 Å². The molecule has 1 amide bonds. The summed E-state index contributed by atoms with van der Waals surface area (Å²) >= 11 is 1.56. The van der Waals surface area contributed by atoms with E-state index in [1.165, 1.54) is 0 Å². The number of rotatable bonds is 5. The Hall–Kier alpha value is -3.06. The van der Waals surface area contributed by atoms with Crippen LogP contribution in [0.25, 0.3) is 6.08 Å². The summed E-state index contributed by atoms with van der Waals surface area (Å²) in [6.07, 6.45) is 10.5. The number of likely N-dealkylation sites (tertiary alicyclic amines) is 1. The topological polar surface area (TPSA) is 71.0 Å². The fourth-order valence-corrected chi connectivity index (χ4v) is 4.01. The van der Waals surface area contributed by atoms with E-state index in [0.717, 1.165) is 40.7 Å². The second-order valence-corrected chi connectivity index (χ2v) is 7.86. The lowest BCUT2D eigenvalue weighted by atomic mass is 10.1. The summed E-state index contributed by atoms with van der Waals surface area (Å²) in [7, 11) is 0. The molecule has 0 spiro atoms. The lowest BCUT2D eigenvalue weighted by molar-refractivity contribution is -0.126. The number of nitrogens with zero attached hydrogens (tertiary/aromatic N) is 4. The average Bonchev–Trinajstić information content (AvgIpc) is 3.36. The van der Waals surface area contributed by atoms with E-state index < -0.39 is 0 Å². The van der Waals surface area contributed by atoms with E-state index in [-0.39, 0.29) is 11.9 Å². The molecule has 142 valence electrons. The summed E-state index contributed by atoms with van der Waals surface area (Å²) < 4.78 is 0. The van der Waals surface area contributed by atoms with E-state index in [4.69, 9.17) is 0 Å². The summed E-state index contributed by atoms with van der Waals surface area (Å²) in [5.41, 5.74) is 1.79.